The van der Waals surface area contributed by atoms with Crippen LogP contribution in [0.25, 0.3) is 10.9 Å². The number of phenolic OH excluding ortho intramolecular Hbond substituents is 1. The Balaban J connectivity index is 1.90. The number of para-hydroxylation sites is 1. The zero-order chi connectivity index (χ0) is 17.3. The number of carbonyl (C=O) groups is 2. The highest BCUT2D eigenvalue weighted by Crippen LogP contribution is 2.28. The van der Waals surface area contributed by atoms with Gasteiger partial charge in [0.2, 0.25) is 0 Å². The monoisotopic (exact) mass is 324 g/mol. The molecule has 122 valence electrons. The summed E-state index contributed by atoms with van der Waals surface area (Å²) in [6.45, 7) is 1.97. The first-order valence-corrected chi connectivity index (χ1v) is 7.30. The number of benzene rings is 2. The largest absolute Gasteiger partial charge is 0.505 e. The van der Waals surface area contributed by atoms with Gasteiger partial charge < -0.3 is 20.1 Å². The van der Waals surface area contributed by atoms with Gasteiger partial charge in [0.05, 0.1) is 12.8 Å². The van der Waals surface area contributed by atoms with Crippen molar-refractivity contribution in [2.45, 2.75) is 6.92 Å². The average Bonchev–Trinajstić information content (AvgIpc) is 2.99. The third kappa shape index (κ3) is 2.81. The van der Waals surface area contributed by atoms with Crippen molar-refractivity contribution in [2.75, 3.05) is 12.4 Å². The van der Waals surface area contributed by atoms with Gasteiger partial charge in [-0.05, 0) is 36.8 Å². The van der Waals surface area contributed by atoms with Gasteiger partial charge in [0.1, 0.15) is 11.3 Å². The minimum atomic E-state index is -0.676. The van der Waals surface area contributed by atoms with Crippen LogP contribution in [0, 0.1) is 6.92 Å². The molecule has 3 N–H and O–H groups in total. The van der Waals surface area contributed by atoms with Gasteiger partial charge in [-0.2, -0.15) is 0 Å². The van der Waals surface area contributed by atoms with Gasteiger partial charge >= 0.3 is 5.97 Å². The van der Waals surface area contributed by atoms with Crippen molar-refractivity contribution in [1.29, 1.82) is 0 Å². The Hall–Kier alpha value is -3.28. The Morgan fingerprint density at radius 1 is 1.17 bits per heavy atom. The van der Waals surface area contributed by atoms with E-state index in [1.807, 2.05) is 25.1 Å². The Morgan fingerprint density at radius 2 is 1.96 bits per heavy atom. The van der Waals surface area contributed by atoms with Crippen LogP contribution in [0.2, 0.25) is 0 Å². The Morgan fingerprint density at radius 3 is 2.71 bits per heavy atom. The summed E-state index contributed by atoms with van der Waals surface area (Å²) in [5, 5.41) is 13.6. The lowest BCUT2D eigenvalue weighted by atomic mass is 10.1. The second-order valence-corrected chi connectivity index (χ2v) is 5.42. The molecule has 1 heterocycles. The number of aryl methyl sites for hydroxylation is 1. The van der Waals surface area contributed by atoms with Gasteiger partial charge in [0, 0.05) is 10.9 Å². The Bertz CT molecular complexity index is 943. The highest BCUT2D eigenvalue weighted by molar-refractivity contribution is 6.07. The van der Waals surface area contributed by atoms with Gasteiger partial charge in [-0.15, -0.1) is 0 Å². The summed E-state index contributed by atoms with van der Waals surface area (Å²) in [6.07, 6.45) is 0. The van der Waals surface area contributed by atoms with Crippen molar-refractivity contribution in [3.05, 3.63) is 59.3 Å². The molecule has 1 aromatic heterocycles. The molecule has 24 heavy (non-hydrogen) atoms. The molecule has 0 unspecified atom stereocenters. The molecular formula is C18H16N2O4. The number of methoxy groups -OCH3 is 1. The fraction of sp³-hybridized carbons (Fsp3) is 0.111. The van der Waals surface area contributed by atoms with Crippen LogP contribution < -0.4 is 5.32 Å². The molecule has 2 aromatic carbocycles. The number of amides is 1. The van der Waals surface area contributed by atoms with Gasteiger partial charge in [-0.25, -0.2) is 4.79 Å². The number of aromatic nitrogens is 1. The van der Waals surface area contributed by atoms with E-state index in [4.69, 9.17) is 0 Å². The Labute approximate surface area is 138 Å². The van der Waals surface area contributed by atoms with Crippen LogP contribution in [0.5, 0.6) is 5.75 Å². The molecule has 0 spiro atoms. The number of aromatic hydroxyl groups is 1. The molecule has 3 rings (SSSR count). The van der Waals surface area contributed by atoms with Crippen LogP contribution in [0.15, 0.2) is 42.5 Å². The molecule has 0 saturated heterocycles. The number of fused-ring (bicyclic) bond motifs is 1. The van der Waals surface area contributed by atoms with E-state index in [-0.39, 0.29) is 17.0 Å². The molecule has 0 aliphatic carbocycles. The first kappa shape index (κ1) is 15.6. The molecule has 1 amide bonds. The van der Waals surface area contributed by atoms with E-state index < -0.39 is 11.9 Å². The fourth-order valence-electron chi connectivity index (χ4n) is 2.47. The smallest absolute Gasteiger partial charge is 0.341 e. The second kappa shape index (κ2) is 6.08. The molecule has 0 saturated carbocycles. The summed E-state index contributed by atoms with van der Waals surface area (Å²) < 4.78 is 4.59. The number of hydrogen-bond acceptors (Lipinski definition) is 4. The maximum atomic E-state index is 12.4. The lowest BCUT2D eigenvalue weighted by Crippen LogP contribution is -2.13. The van der Waals surface area contributed by atoms with E-state index in [2.05, 4.69) is 15.0 Å². The van der Waals surface area contributed by atoms with Crippen molar-refractivity contribution < 1.29 is 19.4 Å². The number of anilines is 1. The van der Waals surface area contributed by atoms with Crippen molar-refractivity contribution in [3.8, 4) is 5.75 Å². The standard InChI is InChI=1S/C18H16N2O4/c1-10-6-7-11-9-15(19-14(11)8-10)17(22)20-13-5-3-4-12(16(13)21)18(23)24-2/h3-9,19,21H,1-2H3,(H,20,22). The van der Waals surface area contributed by atoms with Gasteiger partial charge in [-0.3, -0.25) is 4.79 Å². The summed E-state index contributed by atoms with van der Waals surface area (Å²) in [6, 6.07) is 12.0. The fourth-order valence-corrected chi connectivity index (χ4v) is 2.47. The molecule has 0 atom stereocenters. The van der Waals surface area contributed by atoms with Crippen LogP contribution in [-0.4, -0.2) is 29.1 Å². The summed E-state index contributed by atoms with van der Waals surface area (Å²) in [7, 11) is 1.22. The van der Waals surface area contributed by atoms with Crippen molar-refractivity contribution >= 4 is 28.5 Å². The SMILES string of the molecule is COC(=O)c1cccc(NC(=O)c2cc3ccc(C)cc3[nH]2)c1O. The average molecular weight is 324 g/mol. The molecule has 3 aromatic rings. The number of ether oxygens (including phenoxy) is 1. The summed E-state index contributed by atoms with van der Waals surface area (Å²) >= 11 is 0. The summed E-state index contributed by atoms with van der Waals surface area (Å²) in [4.78, 5) is 27.0. The topological polar surface area (TPSA) is 91.4 Å². The third-order valence-electron chi connectivity index (χ3n) is 3.71. The zero-order valence-corrected chi connectivity index (χ0v) is 13.2. The lowest BCUT2D eigenvalue weighted by Gasteiger charge is -2.09. The number of phenols is 1. The minimum Gasteiger partial charge on any atom is -0.505 e. The molecular weight excluding hydrogens is 308 g/mol. The van der Waals surface area contributed by atoms with Crippen molar-refractivity contribution in [3.63, 3.8) is 0 Å². The minimum absolute atomic E-state index is 0.0115. The van der Waals surface area contributed by atoms with Crippen LogP contribution in [0.3, 0.4) is 0 Å². The highest BCUT2D eigenvalue weighted by Gasteiger charge is 2.17. The summed E-state index contributed by atoms with van der Waals surface area (Å²) in [5.41, 5.74) is 2.42. The molecule has 0 fully saturated rings. The molecule has 0 aliphatic rings. The molecule has 0 bridgehead atoms. The summed E-state index contributed by atoms with van der Waals surface area (Å²) in [5.74, 6) is -1.42. The normalized spacial score (nSPS) is 10.6. The lowest BCUT2D eigenvalue weighted by molar-refractivity contribution is 0.0597. The van der Waals surface area contributed by atoms with Gasteiger partial charge in [0.15, 0.2) is 5.75 Å². The quantitative estimate of drug-likeness (QED) is 0.509. The van der Waals surface area contributed by atoms with Crippen molar-refractivity contribution in [1.82, 2.24) is 4.98 Å². The molecule has 6 heteroatoms. The maximum absolute atomic E-state index is 12.4. The number of H-pyrrole nitrogens is 1. The predicted octanol–water partition coefficient (Wildman–Crippen LogP) is 3.22. The van der Waals surface area contributed by atoms with Gasteiger partial charge in [0.25, 0.3) is 5.91 Å². The zero-order valence-electron chi connectivity index (χ0n) is 13.2. The number of esters is 1. The maximum Gasteiger partial charge on any atom is 0.341 e. The van der Waals surface area contributed by atoms with E-state index in [1.54, 1.807) is 12.1 Å². The molecule has 6 nitrogen and oxygen atoms in total. The first-order chi connectivity index (χ1) is 11.5. The van der Waals surface area contributed by atoms with Crippen LogP contribution >= 0.6 is 0 Å². The number of nitrogens with one attached hydrogen (secondary N) is 2. The van der Waals surface area contributed by atoms with E-state index in [9.17, 15) is 14.7 Å². The van der Waals surface area contributed by atoms with E-state index in [1.165, 1.54) is 19.2 Å². The van der Waals surface area contributed by atoms with Crippen LogP contribution in [0.4, 0.5) is 5.69 Å². The number of hydrogen-bond donors (Lipinski definition) is 3. The number of carbonyl (C=O) groups excluding carboxylic acids is 2. The van der Waals surface area contributed by atoms with Crippen molar-refractivity contribution in [2.24, 2.45) is 0 Å². The molecule has 0 aliphatic heterocycles. The first-order valence-electron chi connectivity index (χ1n) is 7.30. The van der Waals surface area contributed by atoms with Crippen LogP contribution in [-0.2, 0) is 4.74 Å². The Kier molecular flexibility index (Phi) is 3.95. The van der Waals surface area contributed by atoms with Crippen LogP contribution in [0.1, 0.15) is 26.4 Å². The van der Waals surface area contributed by atoms with E-state index in [0.29, 0.717) is 5.69 Å². The molecule has 0 radical (unpaired) electrons. The van der Waals surface area contributed by atoms with E-state index >= 15 is 0 Å². The van der Waals surface area contributed by atoms with Gasteiger partial charge in [-0.1, -0.05) is 18.2 Å². The number of rotatable bonds is 3. The highest BCUT2D eigenvalue weighted by atomic mass is 16.5. The van der Waals surface area contributed by atoms with E-state index in [0.717, 1.165) is 16.5 Å². The second-order valence-electron chi connectivity index (χ2n) is 5.42. The number of aromatic amines is 1. The third-order valence-corrected chi connectivity index (χ3v) is 3.71. The predicted molar refractivity (Wildman–Crippen MR) is 90.4 cm³/mol.